The van der Waals surface area contributed by atoms with E-state index in [2.05, 4.69) is 27.5 Å². The number of hydrogen-bond donors (Lipinski definition) is 1. The maximum atomic E-state index is 10.9. The summed E-state index contributed by atoms with van der Waals surface area (Å²) in [7, 11) is 0. The molecule has 0 aromatic carbocycles. The highest BCUT2D eigenvalue weighted by atomic mass is 79.9. The third-order valence-corrected chi connectivity index (χ3v) is 1.84. The highest BCUT2D eigenvalue weighted by Crippen LogP contribution is 2.11. The van der Waals surface area contributed by atoms with Crippen molar-refractivity contribution in [3.05, 3.63) is 39.2 Å². The topological polar surface area (TPSA) is 32.9 Å². The van der Waals surface area contributed by atoms with Crippen LogP contribution in [0.15, 0.2) is 28.1 Å². The van der Waals surface area contributed by atoms with Gasteiger partial charge in [0.25, 0.3) is 5.56 Å². The lowest BCUT2D eigenvalue weighted by molar-refractivity contribution is 1.21. The molecule has 2 nitrogen and oxygen atoms in total. The van der Waals surface area contributed by atoms with Gasteiger partial charge in [-0.3, -0.25) is 4.79 Å². The van der Waals surface area contributed by atoms with Crippen LogP contribution < -0.4 is 5.56 Å². The van der Waals surface area contributed by atoms with E-state index in [0.717, 1.165) is 4.47 Å². The van der Waals surface area contributed by atoms with E-state index in [1.165, 1.54) is 6.08 Å². The summed E-state index contributed by atoms with van der Waals surface area (Å²) in [5.41, 5.74) is 0.451. The number of rotatable bonds is 1. The molecule has 1 rings (SSSR count). The Labute approximate surface area is 66.7 Å². The molecule has 0 radical (unpaired) electrons. The lowest BCUT2D eigenvalue weighted by Gasteiger charge is -1.92. The van der Waals surface area contributed by atoms with Crippen molar-refractivity contribution in [3.63, 3.8) is 0 Å². The lowest BCUT2D eigenvalue weighted by atomic mass is 10.3. The summed E-state index contributed by atoms with van der Waals surface area (Å²) in [5, 5.41) is 0. The number of H-pyrrole nitrogens is 1. The third kappa shape index (κ3) is 1.19. The van der Waals surface area contributed by atoms with E-state index in [9.17, 15) is 4.79 Å². The minimum Gasteiger partial charge on any atom is -0.329 e. The van der Waals surface area contributed by atoms with Crippen LogP contribution >= 0.6 is 15.9 Å². The number of aromatic amines is 1. The summed E-state index contributed by atoms with van der Waals surface area (Å²) in [6, 6.07) is 1.76. The Kier molecular flexibility index (Phi) is 2.06. The average Bonchev–Trinajstić information content (AvgIpc) is 1.88. The maximum absolute atomic E-state index is 10.9. The fourth-order valence-electron chi connectivity index (χ4n) is 0.657. The van der Waals surface area contributed by atoms with Gasteiger partial charge in [-0.2, -0.15) is 0 Å². The van der Waals surface area contributed by atoms with Gasteiger partial charge in [0.05, 0.1) is 5.56 Å². The molecule has 0 bridgehead atoms. The largest absolute Gasteiger partial charge is 0.329 e. The molecule has 0 saturated carbocycles. The van der Waals surface area contributed by atoms with Crippen molar-refractivity contribution < 1.29 is 0 Å². The lowest BCUT2D eigenvalue weighted by Crippen LogP contribution is -2.07. The Bertz CT molecular complexity index is 303. The Balaban J connectivity index is 3.45. The van der Waals surface area contributed by atoms with Gasteiger partial charge in [-0.25, -0.2) is 0 Å². The highest BCUT2D eigenvalue weighted by molar-refractivity contribution is 9.10. The average molecular weight is 200 g/mol. The van der Waals surface area contributed by atoms with Gasteiger partial charge in [0, 0.05) is 10.7 Å². The van der Waals surface area contributed by atoms with Gasteiger partial charge in [0.1, 0.15) is 0 Å². The molecule has 0 atom stereocenters. The van der Waals surface area contributed by atoms with Crippen molar-refractivity contribution in [1.29, 1.82) is 0 Å². The maximum Gasteiger partial charge on any atom is 0.256 e. The summed E-state index contributed by atoms with van der Waals surface area (Å²) in [4.78, 5) is 13.4. The predicted molar refractivity (Wildman–Crippen MR) is 44.9 cm³/mol. The second-order valence-corrected chi connectivity index (χ2v) is 2.63. The van der Waals surface area contributed by atoms with Gasteiger partial charge in [-0.15, -0.1) is 0 Å². The van der Waals surface area contributed by atoms with Crippen molar-refractivity contribution in [1.82, 2.24) is 4.98 Å². The zero-order chi connectivity index (χ0) is 7.56. The monoisotopic (exact) mass is 199 g/mol. The summed E-state index contributed by atoms with van der Waals surface area (Å²) in [6.07, 6.45) is 3.10. The van der Waals surface area contributed by atoms with Crippen LogP contribution in [-0.4, -0.2) is 4.98 Å². The molecule has 0 unspecified atom stereocenters. The quantitative estimate of drug-likeness (QED) is 0.736. The molecule has 1 aromatic heterocycles. The Morgan fingerprint density at radius 1 is 1.70 bits per heavy atom. The second-order valence-electron chi connectivity index (χ2n) is 1.77. The molecule has 1 N–H and O–H groups in total. The van der Waals surface area contributed by atoms with Gasteiger partial charge in [0.2, 0.25) is 0 Å². The number of hydrogen-bond acceptors (Lipinski definition) is 1. The van der Waals surface area contributed by atoms with E-state index in [1.807, 2.05) is 0 Å². The molecule has 1 heterocycles. The van der Waals surface area contributed by atoms with Crippen molar-refractivity contribution in [2.24, 2.45) is 0 Å². The fourth-order valence-corrected chi connectivity index (χ4v) is 1.13. The summed E-state index contributed by atoms with van der Waals surface area (Å²) in [5.74, 6) is 0. The van der Waals surface area contributed by atoms with Crippen LogP contribution in [-0.2, 0) is 0 Å². The van der Waals surface area contributed by atoms with E-state index >= 15 is 0 Å². The molecule has 3 heteroatoms. The van der Waals surface area contributed by atoms with E-state index in [1.54, 1.807) is 12.3 Å². The first-order valence-electron chi connectivity index (χ1n) is 2.75. The van der Waals surface area contributed by atoms with Crippen LogP contribution in [0.2, 0.25) is 0 Å². The van der Waals surface area contributed by atoms with Gasteiger partial charge < -0.3 is 4.98 Å². The normalized spacial score (nSPS) is 9.30. The van der Waals surface area contributed by atoms with Crippen molar-refractivity contribution in [2.45, 2.75) is 0 Å². The molecular formula is C7H6BrNO. The third-order valence-electron chi connectivity index (χ3n) is 1.15. The molecule has 0 spiro atoms. The molecule has 52 valence electrons. The smallest absolute Gasteiger partial charge is 0.256 e. The van der Waals surface area contributed by atoms with Crippen molar-refractivity contribution in [3.8, 4) is 0 Å². The van der Waals surface area contributed by atoms with Crippen molar-refractivity contribution >= 4 is 22.0 Å². The minimum absolute atomic E-state index is 0.121. The van der Waals surface area contributed by atoms with Gasteiger partial charge in [-0.1, -0.05) is 12.7 Å². The van der Waals surface area contributed by atoms with Crippen LogP contribution in [0.4, 0.5) is 0 Å². The van der Waals surface area contributed by atoms with Crippen LogP contribution in [0.25, 0.3) is 6.08 Å². The molecule has 0 fully saturated rings. The second kappa shape index (κ2) is 2.84. The highest BCUT2D eigenvalue weighted by Gasteiger charge is 1.97. The van der Waals surface area contributed by atoms with E-state index < -0.39 is 0 Å². The molecule has 1 aromatic rings. The van der Waals surface area contributed by atoms with E-state index in [-0.39, 0.29) is 5.56 Å². The number of pyridine rings is 1. The number of halogens is 1. The summed E-state index contributed by atoms with van der Waals surface area (Å²) < 4.78 is 0.770. The number of aromatic nitrogens is 1. The molecule has 10 heavy (non-hydrogen) atoms. The zero-order valence-electron chi connectivity index (χ0n) is 5.23. The minimum atomic E-state index is -0.121. The Hall–Kier alpha value is -0.830. The van der Waals surface area contributed by atoms with Crippen LogP contribution in [0.3, 0.4) is 0 Å². The zero-order valence-corrected chi connectivity index (χ0v) is 6.81. The first-order valence-corrected chi connectivity index (χ1v) is 3.54. The first-order chi connectivity index (χ1) is 4.75. The molecule has 0 aliphatic rings. The van der Waals surface area contributed by atoms with E-state index in [0.29, 0.717) is 5.56 Å². The summed E-state index contributed by atoms with van der Waals surface area (Å²) >= 11 is 3.22. The molecular weight excluding hydrogens is 194 g/mol. The standard InChI is InChI=1S/C7H6BrNO/c1-2-5-6(8)3-4-9-7(5)10/h2-4H,1H2,(H,9,10). The van der Waals surface area contributed by atoms with Crippen molar-refractivity contribution in [2.75, 3.05) is 0 Å². The van der Waals surface area contributed by atoms with Crippen LogP contribution in [0, 0.1) is 0 Å². The predicted octanol–water partition coefficient (Wildman–Crippen LogP) is 1.78. The fraction of sp³-hybridized carbons (Fsp3) is 0. The SMILES string of the molecule is C=Cc1c(Br)cc[nH]c1=O. The van der Waals surface area contributed by atoms with Gasteiger partial charge in [-0.05, 0) is 22.0 Å². The van der Waals surface area contributed by atoms with Crippen LogP contribution in [0.1, 0.15) is 5.56 Å². The summed E-state index contributed by atoms with van der Waals surface area (Å²) in [6.45, 7) is 3.50. The molecule has 0 saturated heterocycles. The van der Waals surface area contributed by atoms with Gasteiger partial charge >= 0.3 is 0 Å². The molecule has 0 aliphatic heterocycles. The first kappa shape index (κ1) is 7.28. The van der Waals surface area contributed by atoms with Gasteiger partial charge in [0.15, 0.2) is 0 Å². The van der Waals surface area contributed by atoms with Crippen LogP contribution in [0.5, 0.6) is 0 Å². The van der Waals surface area contributed by atoms with E-state index in [4.69, 9.17) is 0 Å². The Morgan fingerprint density at radius 2 is 2.40 bits per heavy atom. The number of nitrogens with one attached hydrogen (secondary N) is 1. The Morgan fingerprint density at radius 3 is 2.80 bits per heavy atom. The molecule has 0 aliphatic carbocycles. The molecule has 0 amide bonds.